The number of carboxylic acids is 1. The van der Waals surface area contributed by atoms with Crippen LogP contribution >= 0.6 is 0 Å². The summed E-state index contributed by atoms with van der Waals surface area (Å²) in [6.07, 6.45) is 2.21. The van der Waals surface area contributed by atoms with Crippen LogP contribution in [0.4, 0.5) is 4.79 Å². The van der Waals surface area contributed by atoms with Crippen LogP contribution in [-0.2, 0) is 9.59 Å². The zero-order valence-corrected chi connectivity index (χ0v) is 10.4. The molecule has 1 aliphatic carbocycles. The van der Waals surface area contributed by atoms with Crippen molar-refractivity contribution in [2.45, 2.75) is 50.6 Å². The van der Waals surface area contributed by atoms with E-state index in [1.807, 2.05) is 0 Å². The Morgan fingerprint density at radius 2 is 2.00 bits per heavy atom. The third kappa shape index (κ3) is 4.23. The molecule has 0 radical (unpaired) electrons. The summed E-state index contributed by atoms with van der Waals surface area (Å²) in [5.41, 5.74) is 4.37. The predicted molar refractivity (Wildman–Crippen MR) is 63.8 cm³/mol. The van der Waals surface area contributed by atoms with Gasteiger partial charge in [0.15, 0.2) is 0 Å². The van der Waals surface area contributed by atoms with Gasteiger partial charge in [0.05, 0.1) is 12.0 Å². The van der Waals surface area contributed by atoms with Crippen molar-refractivity contribution >= 4 is 17.9 Å². The van der Waals surface area contributed by atoms with Crippen molar-refractivity contribution in [3.63, 3.8) is 0 Å². The first-order chi connectivity index (χ1) is 8.33. The van der Waals surface area contributed by atoms with Gasteiger partial charge in [-0.3, -0.25) is 9.59 Å². The second-order valence-corrected chi connectivity index (χ2v) is 4.87. The molecule has 7 heteroatoms. The summed E-state index contributed by atoms with van der Waals surface area (Å²) in [5, 5.41) is 14.0. The van der Waals surface area contributed by atoms with Gasteiger partial charge in [0.2, 0.25) is 5.91 Å². The highest BCUT2D eigenvalue weighted by Crippen LogP contribution is 2.34. The van der Waals surface area contributed by atoms with E-state index in [1.54, 1.807) is 6.92 Å². The van der Waals surface area contributed by atoms with Gasteiger partial charge < -0.3 is 21.5 Å². The fourth-order valence-electron chi connectivity index (χ4n) is 2.09. The summed E-state index contributed by atoms with van der Waals surface area (Å²) in [4.78, 5) is 33.0. The van der Waals surface area contributed by atoms with Gasteiger partial charge in [0.1, 0.15) is 0 Å². The normalized spacial score (nSPS) is 18.3. The molecular weight excluding hydrogens is 238 g/mol. The molecule has 0 aromatic carbocycles. The summed E-state index contributed by atoms with van der Waals surface area (Å²) >= 11 is 0. The molecular formula is C11H19N3O4. The van der Waals surface area contributed by atoms with Crippen LogP contribution in [0.2, 0.25) is 0 Å². The third-order valence-electron chi connectivity index (χ3n) is 3.06. The van der Waals surface area contributed by atoms with Gasteiger partial charge in [0, 0.05) is 12.5 Å². The number of hydrogen-bond donors (Lipinski definition) is 4. The fraction of sp³-hybridized carbons (Fsp3) is 0.727. The highest BCUT2D eigenvalue weighted by Gasteiger charge is 2.40. The SMILES string of the molecule is CC(CC(N)=O)NC(=O)NC1(CC(=O)O)CCC1. The second-order valence-electron chi connectivity index (χ2n) is 4.87. The molecule has 5 N–H and O–H groups in total. The predicted octanol–water partition coefficient (Wildman–Crippen LogP) is -0.0531. The van der Waals surface area contributed by atoms with Gasteiger partial charge in [0.25, 0.3) is 0 Å². The molecule has 1 rings (SSSR count). The van der Waals surface area contributed by atoms with Crippen molar-refractivity contribution in [2.75, 3.05) is 0 Å². The van der Waals surface area contributed by atoms with Crippen molar-refractivity contribution in [1.82, 2.24) is 10.6 Å². The molecule has 1 saturated carbocycles. The Morgan fingerprint density at radius 3 is 2.39 bits per heavy atom. The maximum atomic E-state index is 11.7. The van der Waals surface area contributed by atoms with E-state index in [9.17, 15) is 14.4 Å². The lowest BCUT2D eigenvalue weighted by molar-refractivity contribution is -0.139. The van der Waals surface area contributed by atoms with Crippen molar-refractivity contribution < 1.29 is 19.5 Å². The molecule has 1 atom stereocenters. The number of amides is 3. The number of primary amides is 1. The molecule has 18 heavy (non-hydrogen) atoms. The van der Waals surface area contributed by atoms with Crippen LogP contribution in [0, 0.1) is 0 Å². The average molecular weight is 257 g/mol. The Labute approximate surface area is 105 Å². The summed E-state index contributed by atoms with van der Waals surface area (Å²) in [5.74, 6) is -1.42. The number of rotatable bonds is 6. The lowest BCUT2D eigenvalue weighted by atomic mass is 9.74. The molecule has 1 unspecified atom stereocenters. The van der Waals surface area contributed by atoms with Crippen molar-refractivity contribution in [2.24, 2.45) is 5.73 Å². The molecule has 0 bridgehead atoms. The smallest absolute Gasteiger partial charge is 0.315 e. The molecule has 0 saturated heterocycles. The summed E-state index contributed by atoms with van der Waals surface area (Å²) in [6.45, 7) is 1.66. The van der Waals surface area contributed by atoms with E-state index in [1.165, 1.54) is 0 Å². The number of aliphatic carboxylic acids is 1. The van der Waals surface area contributed by atoms with Crippen LogP contribution in [0.15, 0.2) is 0 Å². The molecule has 0 aromatic rings. The van der Waals surface area contributed by atoms with Gasteiger partial charge in [-0.25, -0.2) is 4.79 Å². The van der Waals surface area contributed by atoms with Crippen LogP contribution in [0.3, 0.4) is 0 Å². The van der Waals surface area contributed by atoms with Crippen molar-refractivity contribution in [1.29, 1.82) is 0 Å². The Bertz CT molecular complexity index is 352. The monoisotopic (exact) mass is 257 g/mol. The van der Waals surface area contributed by atoms with E-state index in [-0.39, 0.29) is 18.9 Å². The van der Waals surface area contributed by atoms with Gasteiger partial charge in [-0.1, -0.05) is 0 Å². The standard InChI is InChI=1S/C11H19N3O4/c1-7(5-8(12)15)13-10(18)14-11(3-2-4-11)6-9(16)17/h7H,2-6H2,1H3,(H2,12,15)(H,16,17)(H2,13,14,18). The molecule has 0 aliphatic heterocycles. The Morgan fingerprint density at radius 1 is 1.39 bits per heavy atom. The van der Waals surface area contributed by atoms with Gasteiger partial charge in [-0.15, -0.1) is 0 Å². The van der Waals surface area contributed by atoms with Gasteiger partial charge in [-0.2, -0.15) is 0 Å². The average Bonchev–Trinajstić information content (AvgIpc) is 2.11. The van der Waals surface area contributed by atoms with Crippen LogP contribution in [0.25, 0.3) is 0 Å². The molecule has 0 heterocycles. The lowest BCUT2D eigenvalue weighted by Gasteiger charge is -2.41. The molecule has 7 nitrogen and oxygen atoms in total. The van der Waals surface area contributed by atoms with E-state index in [2.05, 4.69) is 10.6 Å². The first kappa shape index (κ1) is 14.3. The number of carboxylic acid groups (broad SMARTS) is 1. The molecule has 1 aliphatic rings. The molecule has 0 aromatic heterocycles. The van der Waals surface area contributed by atoms with E-state index in [0.717, 1.165) is 6.42 Å². The number of nitrogens with two attached hydrogens (primary N) is 1. The number of carbonyl (C=O) groups is 3. The van der Waals surface area contributed by atoms with E-state index < -0.39 is 23.4 Å². The van der Waals surface area contributed by atoms with Crippen LogP contribution in [0.5, 0.6) is 0 Å². The fourth-order valence-corrected chi connectivity index (χ4v) is 2.09. The maximum absolute atomic E-state index is 11.7. The second kappa shape index (κ2) is 5.70. The highest BCUT2D eigenvalue weighted by atomic mass is 16.4. The molecule has 1 fully saturated rings. The van der Waals surface area contributed by atoms with Crippen LogP contribution < -0.4 is 16.4 Å². The Kier molecular flexibility index (Phi) is 4.52. The number of nitrogens with one attached hydrogen (secondary N) is 2. The molecule has 102 valence electrons. The highest BCUT2D eigenvalue weighted by molar-refractivity contribution is 5.79. The topological polar surface area (TPSA) is 122 Å². The minimum atomic E-state index is -0.930. The van der Waals surface area contributed by atoms with E-state index in [0.29, 0.717) is 12.8 Å². The zero-order valence-electron chi connectivity index (χ0n) is 10.4. The zero-order chi connectivity index (χ0) is 13.8. The summed E-state index contributed by atoms with van der Waals surface area (Å²) < 4.78 is 0. The summed E-state index contributed by atoms with van der Waals surface area (Å²) in [6, 6.07) is -0.825. The van der Waals surface area contributed by atoms with Crippen LogP contribution in [0.1, 0.15) is 39.0 Å². The van der Waals surface area contributed by atoms with Crippen molar-refractivity contribution in [3.8, 4) is 0 Å². The van der Waals surface area contributed by atoms with Crippen LogP contribution in [-0.4, -0.2) is 34.6 Å². The Hall–Kier alpha value is -1.79. The summed E-state index contributed by atoms with van der Waals surface area (Å²) in [7, 11) is 0. The van der Waals surface area contributed by atoms with E-state index in [4.69, 9.17) is 10.8 Å². The first-order valence-electron chi connectivity index (χ1n) is 5.92. The van der Waals surface area contributed by atoms with Crippen molar-refractivity contribution in [3.05, 3.63) is 0 Å². The van der Waals surface area contributed by atoms with Gasteiger partial charge >= 0.3 is 12.0 Å². The lowest BCUT2D eigenvalue weighted by Crippen LogP contribution is -2.58. The quantitative estimate of drug-likeness (QED) is 0.532. The number of urea groups is 1. The maximum Gasteiger partial charge on any atom is 0.315 e. The number of carbonyl (C=O) groups excluding carboxylic acids is 2. The van der Waals surface area contributed by atoms with E-state index >= 15 is 0 Å². The molecule has 0 spiro atoms. The number of hydrogen-bond acceptors (Lipinski definition) is 3. The largest absolute Gasteiger partial charge is 0.481 e. The minimum Gasteiger partial charge on any atom is -0.481 e. The third-order valence-corrected chi connectivity index (χ3v) is 3.06. The van der Waals surface area contributed by atoms with Gasteiger partial charge in [-0.05, 0) is 26.2 Å². The Balaban J connectivity index is 2.43. The minimum absolute atomic E-state index is 0.0549. The first-order valence-corrected chi connectivity index (χ1v) is 5.92. The molecule has 3 amide bonds.